The number of pyridine rings is 1. The number of likely N-dealkylation sites (N-methyl/N-ethyl adjacent to an activating group) is 1. The Labute approximate surface area is 136 Å². The highest BCUT2D eigenvalue weighted by atomic mass is 35.5. The summed E-state index contributed by atoms with van der Waals surface area (Å²) < 4.78 is 5.47. The summed E-state index contributed by atoms with van der Waals surface area (Å²) in [5.74, 6) is 1.02. The molecule has 7 heteroatoms. The molecule has 3 N–H and O–H groups in total. The maximum Gasteiger partial charge on any atom is 0.213 e. The van der Waals surface area contributed by atoms with E-state index in [4.69, 9.17) is 22.1 Å². The normalized spacial score (nSPS) is 19.4. The van der Waals surface area contributed by atoms with Gasteiger partial charge in [0.05, 0.1) is 18.1 Å². The molecule has 0 spiro atoms. The molecule has 1 atom stereocenters. The second-order valence-corrected chi connectivity index (χ2v) is 5.68. The third-order valence-corrected chi connectivity index (χ3v) is 3.96. The van der Waals surface area contributed by atoms with Gasteiger partial charge in [-0.05, 0) is 32.0 Å². The molecule has 0 bridgehead atoms. The summed E-state index contributed by atoms with van der Waals surface area (Å²) in [6, 6.07) is 4.01. The van der Waals surface area contributed by atoms with E-state index in [1.165, 1.54) is 19.4 Å². The smallest absolute Gasteiger partial charge is 0.213 e. The van der Waals surface area contributed by atoms with Crippen LogP contribution in [0, 0.1) is 0 Å². The minimum atomic E-state index is 0.468. The zero-order valence-corrected chi connectivity index (χ0v) is 13.7. The number of halogens is 1. The molecule has 1 fully saturated rings. The summed E-state index contributed by atoms with van der Waals surface area (Å²) in [6.07, 6.45) is 4.01. The van der Waals surface area contributed by atoms with Crippen LogP contribution in [0.2, 0.25) is 5.02 Å². The van der Waals surface area contributed by atoms with Crippen LogP contribution in [0.25, 0.3) is 0 Å². The monoisotopic (exact) mass is 325 g/mol. The van der Waals surface area contributed by atoms with E-state index in [0.29, 0.717) is 36.1 Å². The van der Waals surface area contributed by atoms with Gasteiger partial charge in [0.25, 0.3) is 0 Å². The Hall–Kier alpha value is -1.53. The summed E-state index contributed by atoms with van der Waals surface area (Å²) >= 11 is 5.76. The van der Waals surface area contributed by atoms with Crippen LogP contribution in [0.4, 0.5) is 0 Å². The average Bonchev–Trinajstić information content (AvgIpc) is 2.99. The number of hydrogen-bond donors (Lipinski definition) is 2. The summed E-state index contributed by atoms with van der Waals surface area (Å²) in [5, 5.41) is 3.64. The van der Waals surface area contributed by atoms with E-state index in [1.807, 2.05) is 0 Å². The molecule has 0 saturated carbocycles. The number of aromatic nitrogens is 1. The Kier molecular flexibility index (Phi) is 6.74. The van der Waals surface area contributed by atoms with Gasteiger partial charge in [0.15, 0.2) is 5.96 Å². The lowest BCUT2D eigenvalue weighted by Crippen LogP contribution is -2.37. The lowest BCUT2D eigenvalue weighted by molar-refractivity contribution is 0.273. The van der Waals surface area contributed by atoms with Crippen molar-refractivity contribution >= 4 is 17.6 Å². The number of nitrogens with one attached hydrogen (secondary N) is 1. The van der Waals surface area contributed by atoms with Gasteiger partial charge in [-0.3, -0.25) is 9.89 Å². The van der Waals surface area contributed by atoms with Crippen LogP contribution in [0.3, 0.4) is 0 Å². The molecular weight excluding hydrogens is 302 g/mol. The molecule has 2 rings (SSSR count). The van der Waals surface area contributed by atoms with E-state index < -0.39 is 0 Å². The minimum absolute atomic E-state index is 0.468. The highest BCUT2D eigenvalue weighted by Crippen LogP contribution is 2.16. The summed E-state index contributed by atoms with van der Waals surface area (Å²) in [7, 11) is 0. The zero-order valence-electron chi connectivity index (χ0n) is 13.0. The molecule has 1 aliphatic heterocycles. The van der Waals surface area contributed by atoms with Gasteiger partial charge in [0.1, 0.15) is 6.61 Å². The molecule has 122 valence electrons. The highest BCUT2D eigenvalue weighted by Gasteiger charge is 2.22. The molecule has 6 nitrogen and oxygen atoms in total. The van der Waals surface area contributed by atoms with Crippen molar-refractivity contribution in [2.24, 2.45) is 10.7 Å². The first-order valence-electron chi connectivity index (χ1n) is 7.71. The molecule has 1 aromatic heterocycles. The highest BCUT2D eigenvalue weighted by molar-refractivity contribution is 6.30. The third kappa shape index (κ3) is 5.35. The number of nitrogens with two attached hydrogens (primary N) is 1. The Morgan fingerprint density at radius 1 is 1.59 bits per heavy atom. The fourth-order valence-electron chi connectivity index (χ4n) is 2.56. The van der Waals surface area contributed by atoms with Crippen LogP contribution < -0.4 is 15.8 Å². The number of hydrogen-bond acceptors (Lipinski definition) is 4. The second kappa shape index (κ2) is 8.80. The molecule has 0 aliphatic carbocycles. The van der Waals surface area contributed by atoms with Crippen LogP contribution >= 0.6 is 11.6 Å². The van der Waals surface area contributed by atoms with Crippen molar-refractivity contribution in [3.63, 3.8) is 0 Å². The predicted octanol–water partition coefficient (Wildman–Crippen LogP) is 1.50. The lowest BCUT2D eigenvalue weighted by Gasteiger charge is -2.20. The molecular formula is C15H24ClN5O. The fraction of sp³-hybridized carbons (Fsp3) is 0.600. The van der Waals surface area contributed by atoms with Crippen LogP contribution in [-0.2, 0) is 0 Å². The largest absolute Gasteiger partial charge is 0.476 e. The van der Waals surface area contributed by atoms with Gasteiger partial charge in [-0.1, -0.05) is 18.5 Å². The number of rotatable bonds is 7. The van der Waals surface area contributed by atoms with Crippen molar-refractivity contribution < 1.29 is 4.74 Å². The van der Waals surface area contributed by atoms with Crippen LogP contribution in [0.5, 0.6) is 5.88 Å². The minimum Gasteiger partial charge on any atom is -0.476 e. The first kappa shape index (κ1) is 16.8. The SMILES string of the molecule is CCN1CCCC1CN=C(N)NCCOc1ccc(Cl)cn1. The fourth-order valence-corrected chi connectivity index (χ4v) is 2.67. The van der Waals surface area contributed by atoms with Gasteiger partial charge >= 0.3 is 0 Å². The molecule has 1 unspecified atom stereocenters. The maximum atomic E-state index is 5.87. The number of guanidine groups is 1. The van der Waals surface area contributed by atoms with Crippen molar-refractivity contribution in [3.8, 4) is 5.88 Å². The van der Waals surface area contributed by atoms with E-state index in [2.05, 4.69) is 27.1 Å². The quantitative estimate of drug-likeness (QED) is 0.451. The molecule has 1 aromatic rings. The first-order valence-corrected chi connectivity index (χ1v) is 8.09. The first-order chi connectivity index (χ1) is 10.7. The Morgan fingerprint density at radius 2 is 2.45 bits per heavy atom. The van der Waals surface area contributed by atoms with Crippen LogP contribution in [0.15, 0.2) is 23.3 Å². The Bertz CT molecular complexity index is 479. The number of likely N-dealkylation sites (tertiary alicyclic amines) is 1. The van der Waals surface area contributed by atoms with E-state index in [0.717, 1.165) is 13.1 Å². The van der Waals surface area contributed by atoms with Crippen molar-refractivity contribution in [1.29, 1.82) is 0 Å². The van der Waals surface area contributed by atoms with E-state index in [9.17, 15) is 0 Å². The molecule has 2 heterocycles. The van der Waals surface area contributed by atoms with Crippen molar-refractivity contribution in [3.05, 3.63) is 23.4 Å². The Morgan fingerprint density at radius 3 is 3.18 bits per heavy atom. The van der Waals surface area contributed by atoms with E-state index in [-0.39, 0.29) is 0 Å². The van der Waals surface area contributed by atoms with Crippen molar-refractivity contribution in [2.45, 2.75) is 25.8 Å². The lowest BCUT2D eigenvalue weighted by atomic mass is 10.2. The van der Waals surface area contributed by atoms with Gasteiger partial charge in [-0.15, -0.1) is 0 Å². The van der Waals surface area contributed by atoms with E-state index in [1.54, 1.807) is 18.3 Å². The predicted molar refractivity (Wildman–Crippen MR) is 89.5 cm³/mol. The zero-order chi connectivity index (χ0) is 15.8. The van der Waals surface area contributed by atoms with Gasteiger partial charge in [-0.2, -0.15) is 0 Å². The standard InChI is InChI=1S/C15H24ClN5O/c1-2-21-8-3-4-13(21)11-20-15(17)18-7-9-22-14-6-5-12(16)10-19-14/h5-6,10,13H,2-4,7-9,11H2,1H3,(H3,17,18,20). The maximum absolute atomic E-state index is 5.87. The molecule has 1 saturated heterocycles. The summed E-state index contributed by atoms with van der Waals surface area (Å²) in [4.78, 5) is 10.9. The van der Waals surface area contributed by atoms with Gasteiger partial charge in [0.2, 0.25) is 5.88 Å². The summed E-state index contributed by atoms with van der Waals surface area (Å²) in [5.41, 5.74) is 5.87. The number of nitrogens with zero attached hydrogens (tertiary/aromatic N) is 3. The Balaban J connectivity index is 1.63. The van der Waals surface area contributed by atoms with Gasteiger partial charge < -0.3 is 15.8 Å². The molecule has 1 aliphatic rings. The molecule has 0 amide bonds. The average molecular weight is 326 g/mol. The van der Waals surface area contributed by atoms with E-state index >= 15 is 0 Å². The van der Waals surface area contributed by atoms with Crippen LogP contribution in [0.1, 0.15) is 19.8 Å². The van der Waals surface area contributed by atoms with Crippen LogP contribution in [-0.4, -0.2) is 54.7 Å². The number of aliphatic imine (C=N–C) groups is 1. The molecule has 0 aromatic carbocycles. The molecule has 22 heavy (non-hydrogen) atoms. The second-order valence-electron chi connectivity index (χ2n) is 5.24. The summed E-state index contributed by atoms with van der Waals surface area (Å²) in [6.45, 7) is 6.25. The van der Waals surface area contributed by atoms with Gasteiger partial charge in [0, 0.05) is 18.3 Å². The molecule has 0 radical (unpaired) electrons. The topological polar surface area (TPSA) is 75.8 Å². The van der Waals surface area contributed by atoms with Gasteiger partial charge in [-0.25, -0.2) is 4.98 Å². The van der Waals surface area contributed by atoms with Crippen molar-refractivity contribution in [2.75, 3.05) is 32.8 Å². The van der Waals surface area contributed by atoms with Crippen molar-refractivity contribution in [1.82, 2.24) is 15.2 Å². The third-order valence-electron chi connectivity index (χ3n) is 3.74. The number of ether oxygens (including phenoxy) is 1.